The number of piperazine rings is 1. The Labute approximate surface area is 97.6 Å². The summed E-state index contributed by atoms with van der Waals surface area (Å²) >= 11 is 0. The zero-order valence-corrected chi connectivity index (χ0v) is 9.41. The van der Waals surface area contributed by atoms with E-state index in [1.165, 1.54) is 0 Å². The molecule has 1 fully saturated rings. The Hall–Kier alpha value is -1.85. The molecule has 0 radical (unpaired) electrons. The van der Waals surface area contributed by atoms with Crippen LogP contribution in [0.4, 0.5) is 20.2 Å². The van der Waals surface area contributed by atoms with Crippen LogP contribution in [0.2, 0.25) is 0 Å². The average molecular weight is 241 g/mol. The fraction of sp³-hybridized carbons (Fsp3) is 0.364. The minimum atomic E-state index is -0.800. The van der Waals surface area contributed by atoms with Crippen LogP contribution in [0.25, 0.3) is 0 Å². The third-order valence-corrected chi connectivity index (χ3v) is 2.87. The number of nitrogens with two attached hydrogens (primary N) is 1. The van der Waals surface area contributed by atoms with Crippen molar-refractivity contribution in [2.24, 2.45) is 0 Å². The van der Waals surface area contributed by atoms with E-state index in [2.05, 4.69) is 0 Å². The van der Waals surface area contributed by atoms with Gasteiger partial charge in [0.2, 0.25) is 5.91 Å². The van der Waals surface area contributed by atoms with E-state index in [0.717, 1.165) is 12.1 Å². The predicted molar refractivity (Wildman–Crippen MR) is 60.6 cm³/mol. The van der Waals surface area contributed by atoms with Crippen molar-refractivity contribution in [3.63, 3.8) is 0 Å². The smallest absolute Gasteiger partial charge is 0.241 e. The maximum Gasteiger partial charge on any atom is 0.241 e. The van der Waals surface area contributed by atoms with Crippen LogP contribution in [0.15, 0.2) is 12.1 Å². The number of nitrogens with zero attached hydrogens (tertiary/aromatic N) is 2. The van der Waals surface area contributed by atoms with Gasteiger partial charge in [-0.3, -0.25) is 4.79 Å². The van der Waals surface area contributed by atoms with E-state index in [-0.39, 0.29) is 23.8 Å². The van der Waals surface area contributed by atoms with E-state index in [0.29, 0.717) is 13.1 Å². The van der Waals surface area contributed by atoms with Gasteiger partial charge in [-0.2, -0.15) is 0 Å². The largest absolute Gasteiger partial charge is 0.395 e. The molecule has 1 aliphatic rings. The molecule has 0 aliphatic carbocycles. The molecular weight excluding hydrogens is 228 g/mol. The lowest BCUT2D eigenvalue weighted by Crippen LogP contribution is -2.48. The quantitative estimate of drug-likeness (QED) is 0.741. The van der Waals surface area contributed by atoms with E-state index >= 15 is 0 Å². The summed E-state index contributed by atoms with van der Waals surface area (Å²) < 4.78 is 26.4. The van der Waals surface area contributed by atoms with Crippen LogP contribution in [0, 0.1) is 11.6 Å². The van der Waals surface area contributed by atoms with Crippen molar-refractivity contribution in [1.82, 2.24) is 4.90 Å². The fourth-order valence-electron chi connectivity index (χ4n) is 1.80. The number of rotatable bonds is 1. The Balaban J connectivity index is 2.32. The molecule has 1 amide bonds. The molecule has 0 spiro atoms. The number of likely N-dealkylation sites (N-methyl/N-ethyl adjacent to an activating group) is 1. The lowest BCUT2D eigenvalue weighted by atomic mass is 10.2. The summed E-state index contributed by atoms with van der Waals surface area (Å²) in [6.07, 6.45) is 0. The number of carbonyl (C=O) groups excluding carboxylic acids is 1. The average Bonchev–Trinajstić information content (AvgIpc) is 2.27. The van der Waals surface area contributed by atoms with Crippen LogP contribution in [0.3, 0.4) is 0 Å². The van der Waals surface area contributed by atoms with Crippen LogP contribution in [0.1, 0.15) is 0 Å². The van der Waals surface area contributed by atoms with Crippen molar-refractivity contribution >= 4 is 17.3 Å². The number of hydrogen-bond donors (Lipinski definition) is 1. The molecule has 0 bridgehead atoms. The maximum absolute atomic E-state index is 13.3. The molecule has 0 saturated carbocycles. The highest BCUT2D eigenvalue weighted by atomic mass is 19.1. The maximum atomic E-state index is 13.3. The normalized spacial score (nSPS) is 16.5. The summed E-state index contributed by atoms with van der Waals surface area (Å²) in [5.74, 6) is -1.59. The first-order chi connectivity index (χ1) is 7.99. The topological polar surface area (TPSA) is 49.6 Å². The number of halogens is 2. The Bertz CT molecular complexity index is 464. The lowest BCUT2D eigenvalue weighted by molar-refractivity contribution is -0.129. The number of carbonyl (C=O) groups is 1. The number of anilines is 2. The molecule has 92 valence electrons. The minimum absolute atomic E-state index is 0.0869. The Morgan fingerprint density at radius 3 is 2.65 bits per heavy atom. The van der Waals surface area contributed by atoms with Crippen LogP contribution in [-0.2, 0) is 4.79 Å². The van der Waals surface area contributed by atoms with Crippen LogP contribution in [-0.4, -0.2) is 37.5 Å². The molecule has 6 heteroatoms. The third kappa shape index (κ3) is 2.15. The van der Waals surface area contributed by atoms with Gasteiger partial charge in [-0.15, -0.1) is 0 Å². The first-order valence-corrected chi connectivity index (χ1v) is 5.22. The predicted octanol–water partition coefficient (Wildman–Crippen LogP) is 0.825. The van der Waals surface area contributed by atoms with Gasteiger partial charge in [-0.1, -0.05) is 0 Å². The van der Waals surface area contributed by atoms with E-state index < -0.39 is 11.6 Å². The Morgan fingerprint density at radius 2 is 2.00 bits per heavy atom. The first-order valence-electron chi connectivity index (χ1n) is 5.22. The van der Waals surface area contributed by atoms with E-state index in [4.69, 9.17) is 5.73 Å². The Kier molecular flexibility index (Phi) is 2.87. The highest BCUT2D eigenvalue weighted by molar-refractivity contribution is 5.84. The van der Waals surface area contributed by atoms with Gasteiger partial charge in [0, 0.05) is 26.2 Å². The van der Waals surface area contributed by atoms with Gasteiger partial charge in [0.1, 0.15) is 5.82 Å². The van der Waals surface area contributed by atoms with Crippen molar-refractivity contribution in [2.75, 3.05) is 37.3 Å². The van der Waals surface area contributed by atoms with Crippen LogP contribution < -0.4 is 10.6 Å². The Morgan fingerprint density at radius 1 is 1.29 bits per heavy atom. The molecule has 17 heavy (non-hydrogen) atoms. The van der Waals surface area contributed by atoms with Gasteiger partial charge in [0.15, 0.2) is 5.82 Å². The second kappa shape index (κ2) is 4.20. The van der Waals surface area contributed by atoms with E-state index in [1.54, 1.807) is 16.8 Å². The first kappa shape index (κ1) is 11.6. The number of amides is 1. The molecule has 0 aromatic heterocycles. The zero-order chi connectivity index (χ0) is 12.6. The molecule has 1 aromatic carbocycles. The van der Waals surface area contributed by atoms with Gasteiger partial charge in [-0.25, -0.2) is 8.78 Å². The van der Waals surface area contributed by atoms with Gasteiger partial charge >= 0.3 is 0 Å². The van der Waals surface area contributed by atoms with E-state index in [1.807, 2.05) is 0 Å². The van der Waals surface area contributed by atoms with Crippen LogP contribution in [0.5, 0.6) is 0 Å². The minimum Gasteiger partial charge on any atom is -0.395 e. The second-order valence-corrected chi connectivity index (χ2v) is 4.06. The number of hydrogen-bond acceptors (Lipinski definition) is 3. The van der Waals surface area contributed by atoms with E-state index in [9.17, 15) is 13.6 Å². The summed E-state index contributed by atoms with van der Waals surface area (Å²) in [5, 5.41) is 0. The summed E-state index contributed by atoms with van der Waals surface area (Å²) in [6, 6.07) is 1.88. The standard InChI is InChI=1S/C11H13F2N3O/c1-15-2-3-16(6-10(15)17)9-5-7(12)4-8(13)11(9)14/h4-5H,2-3,6,14H2,1H3. The fourth-order valence-corrected chi connectivity index (χ4v) is 1.80. The van der Waals surface area contributed by atoms with Crippen LogP contribution >= 0.6 is 0 Å². The molecule has 1 aromatic rings. The van der Waals surface area contributed by atoms with Crippen molar-refractivity contribution in [3.05, 3.63) is 23.8 Å². The summed E-state index contributed by atoms with van der Waals surface area (Å²) in [7, 11) is 1.69. The van der Waals surface area contributed by atoms with Crippen molar-refractivity contribution in [3.8, 4) is 0 Å². The lowest BCUT2D eigenvalue weighted by Gasteiger charge is -2.34. The highest BCUT2D eigenvalue weighted by Gasteiger charge is 2.23. The molecule has 4 nitrogen and oxygen atoms in total. The van der Waals surface area contributed by atoms with Crippen molar-refractivity contribution in [1.29, 1.82) is 0 Å². The van der Waals surface area contributed by atoms with Gasteiger partial charge in [0.25, 0.3) is 0 Å². The summed E-state index contributed by atoms with van der Waals surface area (Å²) in [4.78, 5) is 14.7. The molecule has 1 saturated heterocycles. The molecule has 0 atom stereocenters. The number of benzene rings is 1. The second-order valence-electron chi connectivity index (χ2n) is 4.06. The molecule has 2 rings (SSSR count). The van der Waals surface area contributed by atoms with Gasteiger partial charge < -0.3 is 15.5 Å². The zero-order valence-electron chi connectivity index (χ0n) is 9.41. The van der Waals surface area contributed by atoms with Crippen molar-refractivity contribution < 1.29 is 13.6 Å². The molecule has 1 heterocycles. The highest BCUT2D eigenvalue weighted by Crippen LogP contribution is 2.28. The third-order valence-electron chi connectivity index (χ3n) is 2.87. The SMILES string of the molecule is CN1CCN(c2cc(F)cc(F)c2N)CC1=O. The molecule has 0 unspecified atom stereocenters. The molecule has 1 aliphatic heterocycles. The molecule has 2 N–H and O–H groups in total. The van der Waals surface area contributed by atoms with Gasteiger partial charge in [0.05, 0.1) is 17.9 Å². The van der Waals surface area contributed by atoms with Gasteiger partial charge in [-0.05, 0) is 6.07 Å². The summed E-state index contributed by atoms with van der Waals surface area (Å²) in [5.41, 5.74) is 5.67. The number of nitrogen functional groups attached to an aromatic ring is 1. The monoisotopic (exact) mass is 241 g/mol. The summed E-state index contributed by atoms with van der Waals surface area (Å²) in [6.45, 7) is 1.11. The van der Waals surface area contributed by atoms with Crippen molar-refractivity contribution in [2.45, 2.75) is 0 Å². The molecular formula is C11H13F2N3O.